The third-order valence-corrected chi connectivity index (χ3v) is 8.20. The third-order valence-electron chi connectivity index (χ3n) is 4.78. The van der Waals surface area contributed by atoms with Crippen LogP contribution in [-0.2, 0) is 14.6 Å². The van der Waals surface area contributed by atoms with E-state index < -0.39 is 9.84 Å². The number of hydrogen-bond acceptors (Lipinski definition) is 4. The summed E-state index contributed by atoms with van der Waals surface area (Å²) in [6.07, 6.45) is 4.05. The molecular formula is C17H22FNO3S2. The molecule has 1 atom stereocenters. The molecule has 7 heteroatoms. The number of thioether (sulfide) groups is 1. The van der Waals surface area contributed by atoms with E-state index in [1.165, 1.54) is 17.8 Å². The number of sulfone groups is 1. The number of nitrogens with one attached hydrogen (secondary N) is 1. The monoisotopic (exact) mass is 371 g/mol. The maximum atomic E-state index is 13.8. The van der Waals surface area contributed by atoms with Gasteiger partial charge >= 0.3 is 0 Å². The molecule has 1 heterocycles. The Morgan fingerprint density at radius 1 is 1.25 bits per heavy atom. The van der Waals surface area contributed by atoms with E-state index in [1.807, 2.05) is 6.07 Å². The number of carbonyl (C=O) groups excluding carboxylic acids is 1. The molecule has 0 bridgehead atoms. The van der Waals surface area contributed by atoms with Crippen LogP contribution >= 0.6 is 11.8 Å². The molecular weight excluding hydrogens is 349 g/mol. The van der Waals surface area contributed by atoms with E-state index in [2.05, 4.69) is 5.32 Å². The van der Waals surface area contributed by atoms with Gasteiger partial charge in [-0.1, -0.05) is 25.0 Å². The summed E-state index contributed by atoms with van der Waals surface area (Å²) in [6, 6.07) is 4.65. The molecule has 24 heavy (non-hydrogen) atoms. The fourth-order valence-corrected chi connectivity index (χ4v) is 6.45. The largest absolute Gasteiger partial charge is 0.349 e. The molecule has 1 aliphatic heterocycles. The van der Waals surface area contributed by atoms with E-state index in [0.29, 0.717) is 4.90 Å². The lowest BCUT2D eigenvalue weighted by molar-refractivity contribution is -0.121. The SMILES string of the molecule is O=C(CCS(=O)(=O)C1CCCC1)NC1CCSc2c(F)cccc21. The first-order valence-electron chi connectivity index (χ1n) is 8.39. The van der Waals surface area contributed by atoms with Crippen LogP contribution in [-0.4, -0.2) is 31.1 Å². The maximum Gasteiger partial charge on any atom is 0.221 e. The first-order chi connectivity index (χ1) is 11.5. The lowest BCUT2D eigenvalue weighted by Crippen LogP contribution is -2.33. The molecule has 1 N–H and O–H groups in total. The summed E-state index contributed by atoms with van der Waals surface area (Å²) in [4.78, 5) is 12.8. The van der Waals surface area contributed by atoms with Gasteiger partial charge in [-0.3, -0.25) is 4.79 Å². The predicted molar refractivity (Wildman–Crippen MR) is 93.3 cm³/mol. The summed E-state index contributed by atoms with van der Waals surface area (Å²) in [5.74, 6) is 0.101. The minimum Gasteiger partial charge on any atom is -0.349 e. The Labute approximate surface area is 146 Å². The van der Waals surface area contributed by atoms with Gasteiger partial charge < -0.3 is 5.32 Å². The highest BCUT2D eigenvalue weighted by Crippen LogP contribution is 2.37. The first kappa shape index (κ1) is 17.7. The number of carbonyl (C=O) groups is 1. The highest BCUT2D eigenvalue weighted by molar-refractivity contribution is 7.99. The fourth-order valence-electron chi connectivity index (χ4n) is 3.45. The quantitative estimate of drug-likeness (QED) is 0.863. The number of amides is 1. The number of fused-ring (bicyclic) bond motifs is 1. The van der Waals surface area contributed by atoms with Crippen molar-refractivity contribution in [3.8, 4) is 0 Å². The highest BCUT2D eigenvalue weighted by Gasteiger charge is 2.30. The van der Waals surface area contributed by atoms with Gasteiger partial charge in [0.25, 0.3) is 0 Å². The van der Waals surface area contributed by atoms with E-state index in [4.69, 9.17) is 0 Å². The average molecular weight is 371 g/mol. The van der Waals surface area contributed by atoms with Gasteiger partial charge in [-0.05, 0) is 30.9 Å². The normalized spacial score (nSPS) is 21.5. The smallest absolute Gasteiger partial charge is 0.221 e. The highest BCUT2D eigenvalue weighted by atomic mass is 32.2. The molecule has 1 saturated carbocycles. The predicted octanol–water partition coefficient (Wildman–Crippen LogP) is 3.23. The summed E-state index contributed by atoms with van der Waals surface area (Å²) >= 11 is 1.46. The van der Waals surface area contributed by atoms with Gasteiger partial charge in [0.1, 0.15) is 5.82 Å². The van der Waals surface area contributed by atoms with E-state index in [-0.39, 0.29) is 35.2 Å². The van der Waals surface area contributed by atoms with Crippen LogP contribution in [0.2, 0.25) is 0 Å². The lowest BCUT2D eigenvalue weighted by Gasteiger charge is -2.26. The summed E-state index contributed by atoms with van der Waals surface area (Å²) in [7, 11) is -3.19. The third kappa shape index (κ3) is 3.94. The van der Waals surface area contributed by atoms with E-state index in [0.717, 1.165) is 43.4 Å². The van der Waals surface area contributed by atoms with Crippen molar-refractivity contribution in [3.05, 3.63) is 29.6 Å². The standard InChI is InChI=1S/C17H22FNO3S2/c18-14-7-3-6-13-15(8-10-23-17(13)14)19-16(20)9-11-24(21,22)12-4-1-2-5-12/h3,6-7,12,15H,1-2,4-5,8-11H2,(H,19,20). The Bertz CT molecular complexity index is 715. The van der Waals surface area contributed by atoms with Crippen molar-refractivity contribution in [2.45, 2.75) is 54.7 Å². The van der Waals surface area contributed by atoms with Crippen LogP contribution in [0.25, 0.3) is 0 Å². The summed E-state index contributed by atoms with van der Waals surface area (Å²) < 4.78 is 38.3. The second kappa shape index (κ2) is 7.44. The molecule has 4 nitrogen and oxygen atoms in total. The molecule has 1 aromatic carbocycles. The number of hydrogen-bond donors (Lipinski definition) is 1. The van der Waals surface area contributed by atoms with Crippen LogP contribution in [0.5, 0.6) is 0 Å². The van der Waals surface area contributed by atoms with Gasteiger partial charge in [0, 0.05) is 17.1 Å². The lowest BCUT2D eigenvalue weighted by atomic mass is 10.0. The Kier molecular flexibility index (Phi) is 5.49. The molecule has 1 aliphatic carbocycles. The van der Waals surface area contributed by atoms with Crippen LogP contribution < -0.4 is 5.32 Å². The number of benzene rings is 1. The summed E-state index contributed by atoms with van der Waals surface area (Å²) in [6.45, 7) is 0. The van der Waals surface area contributed by atoms with Gasteiger partial charge in [0.2, 0.25) is 5.91 Å². The number of halogens is 1. The Morgan fingerprint density at radius 2 is 2.00 bits per heavy atom. The molecule has 132 valence electrons. The Morgan fingerprint density at radius 3 is 2.75 bits per heavy atom. The second-order valence-corrected chi connectivity index (χ2v) is 9.94. The molecule has 0 spiro atoms. The van der Waals surface area contributed by atoms with E-state index in [9.17, 15) is 17.6 Å². The topological polar surface area (TPSA) is 63.2 Å². The zero-order chi connectivity index (χ0) is 17.2. The van der Waals surface area contributed by atoms with E-state index >= 15 is 0 Å². The van der Waals surface area contributed by atoms with Crippen LogP contribution in [0.15, 0.2) is 23.1 Å². The molecule has 3 rings (SSSR count). The Balaban J connectivity index is 1.59. The minimum absolute atomic E-state index is 0.0207. The van der Waals surface area contributed by atoms with Crippen LogP contribution in [0.1, 0.15) is 50.1 Å². The zero-order valence-corrected chi connectivity index (χ0v) is 15.1. The van der Waals surface area contributed by atoms with Gasteiger partial charge in [0.15, 0.2) is 9.84 Å². The number of rotatable bonds is 5. The molecule has 0 saturated heterocycles. The molecule has 0 aromatic heterocycles. The van der Waals surface area contributed by atoms with Crippen LogP contribution in [0, 0.1) is 5.82 Å². The van der Waals surface area contributed by atoms with Crippen molar-refractivity contribution in [1.29, 1.82) is 0 Å². The molecule has 1 fully saturated rings. The van der Waals surface area contributed by atoms with E-state index in [1.54, 1.807) is 6.07 Å². The van der Waals surface area contributed by atoms with Crippen LogP contribution in [0.3, 0.4) is 0 Å². The van der Waals surface area contributed by atoms with Crippen molar-refractivity contribution in [2.75, 3.05) is 11.5 Å². The van der Waals surface area contributed by atoms with Gasteiger partial charge in [0.05, 0.1) is 17.0 Å². The van der Waals surface area contributed by atoms with Crippen molar-refractivity contribution >= 4 is 27.5 Å². The Hall–Kier alpha value is -1.08. The second-order valence-electron chi connectivity index (χ2n) is 6.44. The van der Waals surface area contributed by atoms with Gasteiger partial charge in [-0.2, -0.15) is 0 Å². The summed E-state index contributed by atoms with van der Waals surface area (Å²) in [5, 5.41) is 2.61. The summed E-state index contributed by atoms with van der Waals surface area (Å²) in [5.41, 5.74) is 0.790. The van der Waals surface area contributed by atoms with Crippen molar-refractivity contribution < 1.29 is 17.6 Å². The van der Waals surface area contributed by atoms with Crippen molar-refractivity contribution in [1.82, 2.24) is 5.32 Å². The first-order valence-corrected chi connectivity index (χ1v) is 11.1. The molecule has 2 aliphatic rings. The molecule has 1 unspecified atom stereocenters. The van der Waals surface area contributed by atoms with Crippen molar-refractivity contribution in [2.24, 2.45) is 0 Å². The van der Waals surface area contributed by atoms with Gasteiger partial charge in [-0.15, -0.1) is 11.8 Å². The van der Waals surface area contributed by atoms with Gasteiger partial charge in [-0.25, -0.2) is 12.8 Å². The minimum atomic E-state index is -3.19. The van der Waals surface area contributed by atoms with Crippen LogP contribution in [0.4, 0.5) is 4.39 Å². The average Bonchev–Trinajstić information content (AvgIpc) is 3.10. The molecule has 1 aromatic rings. The van der Waals surface area contributed by atoms with Crippen molar-refractivity contribution in [3.63, 3.8) is 0 Å². The maximum absolute atomic E-state index is 13.8. The molecule has 0 radical (unpaired) electrons. The molecule has 1 amide bonds. The zero-order valence-electron chi connectivity index (χ0n) is 13.5. The fraction of sp³-hybridized carbons (Fsp3) is 0.588.